The summed E-state index contributed by atoms with van der Waals surface area (Å²) >= 11 is 6.00. The molecule has 3 aliphatic rings. The quantitative estimate of drug-likeness (QED) is 0.788. The summed E-state index contributed by atoms with van der Waals surface area (Å²) in [6, 6.07) is 13.1. The third-order valence-electron chi connectivity index (χ3n) is 5.49. The number of fused-ring (bicyclic) bond motifs is 3. The number of carbonyl (C=O) groups is 3. The SMILES string of the molecule is O=C1[C@@H]2C[C@]3(CN2C(=O)N1c1cccc(Cl)c1)C(=O)Nc1ccccc13. The van der Waals surface area contributed by atoms with Crippen molar-refractivity contribution in [1.29, 1.82) is 0 Å². The fourth-order valence-electron chi connectivity index (χ4n) is 4.29. The van der Waals surface area contributed by atoms with Gasteiger partial charge in [-0.25, -0.2) is 9.69 Å². The first-order valence-corrected chi connectivity index (χ1v) is 8.70. The molecule has 5 rings (SSSR count). The van der Waals surface area contributed by atoms with Crippen molar-refractivity contribution in [2.24, 2.45) is 0 Å². The summed E-state index contributed by atoms with van der Waals surface area (Å²) < 4.78 is 0. The minimum atomic E-state index is -0.854. The Kier molecular flexibility index (Phi) is 3.01. The van der Waals surface area contributed by atoms with Crippen LogP contribution in [0.15, 0.2) is 48.5 Å². The fraction of sp³-hybridized carbons (Fsp3) is 0.211. The number of carbonyl (C=O) groups excluding carboxylic acids is 3. The molecular formula is C19H14ClN3O3. The van der Waals surface area contributed by atoms with E-state index in [0.29, 0.717) is 10.7 Å². The average Bonchev–Trinajstić information content (AvgIpc) is 3.22. The molecular weight excluding hydrogens is 354 g/mol. The maximum atomic E-state index is 13.0. The second-order valence-corrected chi connectivity index (χ2v) is 7.30. The number of para-hydroxylation sites is 1. The molecule has 2 aromatic carbocycles. The highest BCUT2D eigenvalue weighted by Gasteiger charge is 2.62. The van der Waals surface area contributed by atoms with Crippen LogP contribution in [0.3, 0.4) is 0 Å². The van der Waals surface area contributed by atoms with Crippen molar-refractivity contribution in [1.82, 2.24) is 4.90 Å². The Morgan fingerprint density at radius 3 is 2.65 bits per heavy atom. The Bertz CT molecular complexity index is 965. The van der Waals surface area contributed by atoms with E-state index in [4.69, 9.17) is 11.6 Å². The van der Waals surface area contributed by atoms with Gasteiger partial charge >= 0.3 is 6.03 Å². The highest BCUT2D eigenvalue weighted by atomic mass is 35.5. The Balaban J connectivity index is 1.53. The van der Waals surface area contributed by atoms with Gasteiger partial charge in [0.15, 0.2) is 0 Å². The molecule has 3 heterocycles. The van der Waals surface area contributed by atoms with Gasteiger partial charge < -0.3 is 10.2 Å². The summed E-state index contributed by atoms with van der Waals surface area (Å²) in [5.41, 5.74) is 1.21. The molecule has 130 valence electrons. The van der Waals surface area contributed by atoms with E-state index in [2.05, 4.69) is 5.32 Å². The van der Waals surface area contributed by atoms with E-state index in [1.807, 2.05) is 24.3 Å². The van der Waals surface area contributed by atoms with E-state index in [1.165, 1.54) is 4.90 Å². The van der Waals surface area contributed by atoms with Crippen LogP contribution in [0.1, 0.15) is 12.0 Å². The normalized spacial score (nSPS) is 26.5. The zero-order chi connectivity index (χ0) is 18.1. The molecule has 1 N–H and O–H groups in total. The summed E-state index contributed by atoms with van der Waals surface area (Å²) in [4.78, 5) is 41.2. The Hall–Kier alpha value is -2.86. The lowest BCUT2D eigenvalue weighted by Crippen LogP contribution is -2.42. The minimum absolute atomic E-state index is 0.150. The van der Waals surface area contributed by atoms with E-state index in [9.17, 15) is 14.4 Å². The number of nitrogens with zero attached hydrogens (tertiary/aromatic N) is 2. The highest BCUT2D eigenvalue weighted by Crippen LogP contribution is 2.48. The molecule has 0 aliphatic carbocycles. The second kappa shape index (κ2) is 5.08. The molecule has 2 saturated heterocycles. The lowest BCUT2D eigenvalue weighted by Gasteiger charge is -2.24. The molecule has 0 saturated carbocycles. The van der Waals surface area contributed by atoms with Crippen molar-refractivity contribution in [2.45, 2.75) is 17.9 Å². The van der Waals surface area contributed by atoms with Gasteiger partial charge in [-0.15, -0.1) is 0 Å². The predicted octanol–water partition coefficient (Wildman–Crippen LogP) is 2.77. The van der Waals surface area contributed by atoms with E-state index >= 15 is 0 Å². The van der Waals surface area contributed by atoms with Crippen LogP contribution in [0.25, 0.3) is 0 Å². The van der Waals surface area contributed by atoms with E-state index in [0.717, 1.165) is 16.2 Å². The van der Waals surface area contributed by atoms with Crippen molar-refractivity contribution in [3.63, 3.8) is 0 Å². The van der Waals surface area contributed by atoms with Gasteiger partial charge in [-0.2, -0.15) is 0 Å². The summed E-state index contributed by atoms with van der Waals surface area (Å²) in [5, 5.41) is 3.33. The van der Waals surface area contributed by atoms with E-state index in [-0.39, 0.29) is 24.8 Å². The fourth-order valence-corrected chi connectivity index (χ4v) is 4.47. The summed E-state index contributed by atoms with van der Waals surface area (Å²) in [6.45, 7) is 0.197. The maximum absolute atomic E-state index is 13.0. The Morgan fingerprint density at radius 2 is 1.88 bits per heavy atom. The summed E-state index contributed by atoms with van der Waals surface area (Å²) in [7, 11) is 0. The van der Waals surface area contributed by atoms with Gasteiger partial charge in [-0.1, -0.05) is 35.9 Å². The largest absolute Gasteiger partial charge is 0.332 e. The third kappa shape index (κ3) is 1.85. The van der Waals surface area contributed by atoms with Gasteiger partial charge in [0.25, 0.3) is 5.91 Å². The van der Waals surface area contributed by atoms with Crippen LogP contribution in [-0.2, 0) is 15.0 Å². The lowest BCUT2D eigenvalue weighted by atomic mass is 9.79. The Labute approximate surface area is 154 Å². The summed E-state index contributed by atoms with van der Waals surface area (Å²) in [6.07, 6.45) is 0.289. The number of amides is 4. The smallest absolute Gasteiger partial charge is 0.325 e. The van der Waals surface area contributed by atoms with Crippen molar-refractivity contribution in [3.05, 3.63) is 59.1 Å². The minimum Gasteiger partial charge on any atom is -0.325 e. The molecule has 0 unspecified atom stereocenters. The van der Waals surface area contributed by atoms with E-state index < -0.39 is 17.5 Å². The van der Waals surface area contributed by atoms with Crippen molar-refractivity contribution in [3.8, 4) is 0 Å². The van der Waals surface area contributed by atoms with Crippen LogP contribution >= 0.6 is 11.6 Å². The van der Waals surface area contributed by atoms with Gasteiger partial charge in [0, 0.05) is 17.3 Å². The van der Waals surface area contributed by atoms with Crippen LogP contribution in [0.2, 0.25) is 5.02 Å². The standard InChI is InChI=1S/C19H14ClN3O3/c20-11-4-3-5-12(8-11)23-16(24)15-9-19(10-22(15)18(23)26)13-6-1-2-7-14(13)21-17(19)25/h1-8,15H,9-10H2,(H,21,25)/t15-,19+/m0/s1. The molecule has 1 spiro atoms. The average molecular weight is 368 g/mol. The first kappa shape index (κ1) is 15.4. The predicted molar refractivity (Wildman–Crippen MR) is 96.2 cm³/mol. The number of anilines is 2. The monoisotopic (exact) mass is 367 g/mol. The van der Waals surface area contributed by atoms with E-state index in [1.54, 1.807) is 24.3 Å². The molecule has 0 bridgehead atoms. The summed E-state index contributed by atoms with van der Waals surface area (Å²) in [5.74, 6) is -0.464. The first-order valence-electron chi connectivity index (χ1n) is 8.32. The molecule has 3 aliphatic heterocycles. The third-order valence-corrected chi connectivity index (χ3v) is 5.73. The van der Waals surface area contributed by atoms with Crippen LogP contribution in [-0.4, -0.2) is 35.3 Å². The highest BCUT2D eigenvalue weighted by molar-refractivity contribution is 6.31. The first-order chi connectivity index (χ1) is 12.5. The van der Waals surface area contributed by atoms with Crippen molar-refractivity contribution < 1.29 is 14.4 Å². The molecule has 4 amide bonds. The number of imide groups is 1. The van der Waals surface area contributed by atoms with Gasteiger partial charge in [0.05, 0.1) is 11.1 Å². The number of benzene rings is 2. The molecule has 2 aromatic rings. The van der Waals surface area contributed by atoms with Crippen LogP contribution in [0.4, 0.5) is 16.2 Å². The van der Waals surface area contributed by atoms with Crippen LogP contribution in [0.5, 0.6) is 0 Å². The molecule has 0 radical (unpaired) electrons. The van der Waals surface area contributed by atoms with Gasteiger partial charge in [0.1, 0.15) is 6.04 Å². The molecule has 0 aromatic heterocycles. The molecule has 2 atom stereocenters. The zero-order valence-electron chi connectivity index (χ0n) is 13.6. The lowest BCUT2D eigenvalue weighted by molar-refractivity contribution is -0.120. The number of rotatable bonds is 1. The number of hydrogen-bond donors (Lipinski definition) is 1. The molecule has 7 heteroatoms. The number of nitrogens with one attached hydrogen (secondary N) is 1. The van der Waals surface area contributed by atoms with Crippen molar-refractivity contribution in [2.75, 3.05) is 16.8 Å². The Morgan fingerprint density at radius 1 is 1.08 bits per heavy atom. The maximum Gasteiger partial charge on any atom is 0.332 e. The van der Waals surface area contributed by atoms with Crippen molar-refractivity contribution >= 4 is 40.8 Å². The second-order valence-electron chi connectivity index (χ2n) is 6.87. The number of hydrogen-bond acceptors (Lipinski definition) is 3. The topological polar surface area (TPSA) is 69.7 Å². The van der Waals surface area contributed by atoms with Crippen LogP contribution in [0, 0.1) is 0 Å². The number of halogens is 1. The zero-order valence-corrected chi connectivity index (χ0v) is 14.4. The molecule has 26 heavy (non-hydrogen) atoms. The molecule has 6 nitrogen and oxygen atoms in total. The van der Waals surface area contributed by atoms with Gasteiger partial charge in [-0.3, -0.25) is 9.59 Å². The molecule has 2 fully saturated rings. The van der Waals surface area contributed by atoms with Gasteiger partial charge in [-0.05, 0) is 36.2 Å². The van der Waals surface area contributed by atoms with Gasteiger partial charge in [0.2, 0.25) is 5.91 Å². The van der Waals surface area contributed by atoms with Crippen LogP contribution < -0.4 is 10.2 Å². The number of urea groups is 1.